The van der Waals surface area contributed by atoms with Crippen molar-refractivity contribution < 1.29 is 9.13 Å². The van der Waals surface area contributed by atoms with Crippen LogP contribution in [0.5, 0.6) is 6.01 Å². The van der Waals surface area contributed by atoms with Crippen molar-refractivity contribution in [3.05, 3.63) is 53.4 Å². The monoisotopic (exact) mass is 532 g/mol. The second-order valence-electron chi connectivity index (χ2n) is 10.8. The molecule has 0 unspecified atom stereocenters. The zero-order valence-electron chi connectivity index (χ0n) is 21.3. The Hall–Kier alpha value is -3.07. The Kier molecular flexibility index (Phi) is 6.06. The number of piperazine rings is 1. The van der Waals surface area contributed by atoms with Gasteiger partial charge in [0, 0.05) is 53.4 Å². The zero-order chi connectivity index (χ0) is 25.8. The lowest BCUT2D eigenvalue weighted by atomic mass is 10.0. The third-order valence-corrected chi connectivity index (χ3v) is 8.66. The highest BCUT2D eigenvalue weighted by Crippen LogP contribution is 2.38. The molecule has 0 aliphatic carbocycles. The van der Waals surface area contributed by atoms with Crippen molar-refractivity contribution in [2.75, 3.05) is 38.2 Å². The van der Waals surface area contributed by atoms with Gasteiger partial charge in [0.05, 0.1) is 5.39 Å². The molecule has 196 valence electrons. The van der Waals surface area contributed by atoms with E-state index in [-0.39, 0.29) is 17.2 Å². The maximum atomic E-state index is 16.4. The van der Waals surface area contributed by atoms with Crippen LogP contribution < -0.4 is 15.0 Å². The Morgan fingerprint density at radius 1 is 1.08 bits per heavy atom. The topological polar surface area (TPSA) is 66.4 Å². The number of benzene rings is 2. The molecule has 0 spiro atoms. The fraction of sp³-hybridized carbons (Fsp3) is 0.414. The van der Waals surface area contributed by atoms with Gasteiger partial charge in [0.25, 0.3) is 0 Å². The average Bonchev–Trinajstić information content (AvgIpc) is 3.50. The summed E-state index contributed by atoms with van der Waals surface area (Å²) in [5.74, 6) is 0.205. The van der Waals surface area contributed by atoms with Crippen LogP contribution in [0.4, 0.5) is 10.2 Å². The summed E-state index contributed by atoms with van der Waals surface area (Å²) in [6.45, 7) is 3.16. The van der Waals surface area contributed by atoms with Gasteiger partial charge in [-0.2, -0.15) is 9.97 Å². The largest absolute Gasteiger partial charge is 0.462 e. The van der Waals surface area contributed by atoms with Gasteiger partial charge in [0.15, 0.2) is 5.82 Å². The molecule has 0 radical (unpaired) electrons. The Morgan fingerprint density at radius 2 is 1.87 bits per heavy atom. The van der Waals surface area contributed by atoms with Gasteiger partial charge in [-0.15, -0.1) is 0 Å². The van der Waals surface area contributed by atoms with Crippen LogP contribution in [0.1, 0.15) is 25.7 Å². The number of nitrogens with zero attached hydrogens (tertiary/aromatic N) is 5. The number of halogens is 2. The maximum Gasteiger partial charge on any atom is 0.319 e. The van der Waals surface area contributed by atoms with Gasteiger partial charge in [-0.3, -0.25) is 4.98 Å². The van der Waals surface area contributed by atoms with Crippen LogP contribution in [-0.2, 0) is 0 Å². The molecule has 5 heterocycles. The minimum absolute atomic E-state index is 0.214. The third-order valence-electron chi connectivity index (χ3n) is 8.34. The van der Waals surface area contributed by atoms with Crippen LogP contribution in [0.3, 0.4) is 0 Å². The predicted octanol–water partition coefficient (Wildman–Crippen LogP) is 5.05. The molecule has 2 aromatic carbocycles. The van der Waals surface area contributed by atoms with Crippen LogP contribution in [0.2, 0.25) is 5.02 Å². The average molecular weight is 533 g/mol. The minimum atomic E-state index is -0.487. The van der Waals surface area contributed by atoms with Crippen molar-refractivity contribution in [2.45, 2.75) is 43.8 Å². The summed E-state index contributed by atoms with van der Waals surface area (Å²) in [5.41, 5.74) is 1.09. The van der Waals surface area contributed by atoms with E-state index >= 15 is 4.39 Å². The van der Waals surface area contributed by atoms with Gasteiger partial charge in [-0.25, -0.2) is 4.39 Å². The van der Waals surface area contributed by atoms with E-state index in [2.05, 4.69) is 32.1 Å². The number of fused-ring (bicyclic) bond motifs is 4. The smallest absolute Gasteiger partial charge is 0.319 e. The summed E-state index contributed by atoms with van der Waals surface area (Å²) in [5, 5.41) is 6.53. The molecular formula is C29H30ClFN6O. The first-order valence-electron chi connectivity index (χ1n) is 13.4. The number of hydrogen-bond donors (Lipinski definition) is 1. The Labute approximate surface area is 226 Å². The van der Waals surface area contributed by atoms with Crippen molar-refractivity contribution in [3.63, 3.8) is 0 Å². The summed E-state index contributed by atoms with van der Waals surface area (Å²) in [4.78, 5) is 18.6. The van der Waals surface area contributed by atoms with Crippen LogP contribution in [0, 0.1) is 5.82 Å². The van der Waals surface area contributed by atoms with Crippen molar-refractivity contribution >= 4 is 39.1 Å². The first-order valence-corrected chi connectivity index (χ1v) is 13.8. The summed E-state index contributed by atoms with van der Waals surface area (Å²) < 4.78 is 22.6. The number of pyridine rings is 1. The number of likely N-dealkylation sites (N-methyl/N-ethyl adjacent to an activating group) is 1. The van der Waals surface area contributed by atoms with E-state index in [9.17, 15) is 0 Å². The van der Waals surface area contributed by atoms with Crippen LogP contribution in [0.25, 0.3) is 32.9 Å². The fourth-order valence-electron chi connectivity index (χ4n) is 6.34. The van der Waals surface area contributed by atoms with Gasteiger partial charge in [-0.05, 0) is 50.7 Å². The standard InChI is InChI=1S/C29H30ClFN6O/c1-36-12-4-7-20(36)16-38-29-34-27-22(28(35-29)37-14-18-10-11-19(15-37)33-18)13-32-26(25(27)31)21-8-2-5-17-6-3-9-23(30)24(17)21/h2-3,5-6,8-9,13,18-20,33H,4,7,10-12,14-16H2,1H3/t18-,19+,20-/m0/s1. The number of aromatic nitrogens is 3. The quantitative estimate of drug-likeness (QED) is 0.386. The molecule has 38 heavy (non-hydrogen) atoms. The minimum Gasteiger partial charge on any atom is -0.462 e. The molecule has 0 saturated carbocycles. The lowest BCUT2D eigenvalue weighted by Crippen LogP contribution is -2.51. The highest BCUT2D eigenvalue weighted by Gasteiger charge is 2.34. The highest BCUT2D eigenvalue weighted by atomic mass is 35.5. The fourth-order valence-corrected chi connectivity index (χ4v) is 6.62. The molecule has 7 rings (SSSR count). The SMILES string of the molecule is CN1CCC[C@H]1COc1nc(N2C[C@H]3CC[C@@H](C2)N3)c2cnc(-c3cccc4cccc(Cl)c34)c(F)c2n1. The molecular weight excluding hydrogens is 503 g/mol. The maximum absolute atomic E-state index is 16.4. The van der Waals surface area contributed by atoms with E-state index in [0.29, 0.717) is 46.5 Å². The molecule has 3 fully saturated rings. The van der Waals surface area contributed by atoms with Crippen LogP contribution in [-0.4, -0.2) is 71.3 Å². The molecule has 3 atom stereocenters. The second kappa shape index (κ2) is 9.59. The number of hydrogen-bond acceptors (Lipinski definition) is 7. The van der Waals surface area contributed by atoms with Gasteiger partial charge in [0.2, 0.25) is 0 Å². The first-order chi connectivity index (χ1) is 18.5. The lowest BCUT2D eigenvalue weighted by Gasteiger charge is -2.34. The Balaban J connectivity index is 1.36. The molecule has 2 bridgehead atoms. The second-order valence-corrected chi connectivity index (χ2v) is 11.2. The molecule has 2 aromatic heterocycles. The molecule has 3 aliphatic rings. The van der Waals surface area contributed by atoms with E-state index in [1.165, 1.54) is 0 Å². The van der Waals surface area contributed by atoms with Gasteiger partial charge in [-0.1, -0.05) is 41.9 Å². The number of rotatable bonds is 5. The van der Waals surface area contributed by atoms with Crippen molar-refractivity contribution in [3.8, 4) is 17.3 Å². The normalized spacial score (nSPS) is 23.6. The van der Waals surface area contributed by atoms with Crippen molar-refractivity contribution in [1.29, 1.82) is 0 Å². The number of anilines is 1. The summed E-state index contributed by atoms with van der Waals surface area (Å²) in [7, 11) is 2.11. The molecule has 7 nitrogen and oxygen atoms in total. The number of ether oxygens (including phenoxy) is 1. The molecule has 0 amide bonds. The molecule has 3 aliphatic heterocycles. The van der Waals surface area contributed by atoms with E-state index < -0.39 is 5.82 Å². The molecule has 1 N–H and O–H groups in total. The first kappa shape index (κ1) is 24.0. The third kappa shape index (κ3) is 4.15. The van der Waals surface area contributed by atoms with E-state index in [0.717, 1.165) is 56.1 Å². The number of nitrogens with one attached hydrogen (secondary N) is 1. The summed E-state index contributed by atoms with van der Waals surface area (Å²) in [6, 6.07) is 12.7. The number of likely N-dealkylation sites (tertiary alicyclic amines) is 1. The molecule has 3 saturated heterocycles. The van der Waals surface area contributed by atoms with Gasteiger partial charge in [0.1, 0.15) is 23.6 Å². The van der Waals surface area contributed by atoms with Crippen molar-refractivity contribution in [2.24, 2.45) is 0 Å². The molecule has 4 aromatic rings. The van der Waals surface area contributed by atoms with Crippen molar-refractivity contribution in [1.82, 2.24) is 25.2 Å². The van der Waals surface area contributed by atoms with Crippen LogP contribution in [0.15, 0.2) is 42.6 Å². The van der Waals surface area contributed by atoms with E-state index in [1.54, 1.807) is 6.20 Å². The lowest BCUT2D eigenvalue weighted by molar-refractivity contribution is 0.188. The highest BCUT2D eigenvalue weighted by molar-refractivity contribution is 6.36. The summed E-state index contributed by atoms with van der Waals surface area (Å²) in [6.07, 6.45) is 6.20. The predicted molar refractivity (Wildman–Crippen MR) is 149 cm³/mol. The Morgan fingerprint density at radius 3 is 2.63 bits per heavy atom. The zero-order valence-corrected chi connectivity index (χ0v) is 22.1. The van der Waals surface area contributed by atoms with Crippen LogP contribution >= 0.6 is 11.6 Å². The Bertz CT molecular complexity index is 1520. The van der Waals surface area contributed by atoms with Gasteiger partial charge < -0.3 is 19.9 Å². The molecule has 9 heteroatoms. The summed E-state index contributed by atoms with van der Waals surface area (Å²) >= 11 is 6.57. The van der Waals surface area contributed by atoms with E-state index in [4.69, 9.17) is 21.3 Å². The van der Waals surface area contributed by atoms with E-state index in [1.807, 2.05) is 36.4 Å². The van der Waals surface area contributed by atoms with Gasteiger partial charge >= 0.3 is 6.01 Å².